The first-order valence-electron chi connectivity index (χ1n) is 12.1. The van der Waals surface area contributed by atoms with Crippen LogP contribution in [0.25, 0.3) is 0 Å². The number of benzene rings is 1. The van der Waals surface area contributed by atoms with Crippen LogP contribution in [-0.2, 0) is 14.3 Å². The van der Waals surface area contributed by atoms with Gasteiger partial charge in [-0.15, -0.1) is 0 Å². The zero-order valence-corrected chi connectivity index (χ0v) is 20.7. The third kappa shape index (κ3) is 6.32. The zero-order chi connectivity index (χ0) is 24.4. The summed E-state index contributed by atoms with van der Waals surface area (Å²) in [6.07, 6.45) is 1.95. The minimum absolute atomic E-state index is 0.202. The second-order valence-electron chi connectivity index (χ2n) is 8.61. The summed E-state index contributed by atoms with van der Waals surface area (Å²) in [4.78, 5) is 39.6. The highest BCUT2D eigenvalue weighted by Crippen LogP contribution is 2.46. The van der Waals surface area contributed by atoms with Gasteiger partial charge in [0, 0.05) is 13.1 Å². The number of rotatable bonds is 13. The topological polar surface area (TPSA) is 99.8 Å². The number of nitrogens with zero attached hydrogens (tertiary/aromatic N) is 1. The fourth-order valence-electron chi connectivity index (χ4n) is 4.27. The third-order valence-corrected chi connectivity index (χ3v) is 6.43. The fourth-order valence-corrected chi connectivity index (χ4v) is 4.27. The number of urea groups is 1. The Kier molecular flexibility index (Phi) is 10.3. The minimum Gasteiger partial charge on any atom is -0.353 e. The number of amides is 4. The molecule has 4 amide bonds. The predicted octanol–water partition coefficient (Wildman–Crippen LogP) is 3.26. The van der Waals surface area contributed by atoms with Gasteiger partial charge in [-0.1, -0.05) is 63.9 Å². The van der Waals surface area contributed by atoms with E-state index in [0.29, 0.717) is 25.9 Å². The zero-order valence-electron chi connectivity index (χ0n) is 20.7. The van der Waals surface area contributed by atoms with Crippen LogP contribution in [0.1, 0.15) is 70.5 Å². The Morgan fingerprint density at radius 2 is 1.76 bits per heavy atom. The number of ether oxygens (including phenoxy) is 1. The number of hydrogen-bond acceptors (Lipinski definition) is 5. The summed E-state index contributed by atoms with van der Waals surface area (Å²) in [7, 11) is 0. The lowest BCUT2D eigenvalue weighted by Crippen LogP contribution is -2.72. The number of likely N-dealkylation sites (N-methyl/N-ethyl adjacent to an activating group) is 1. The van der Waals surface area contributed by atoms with Crippen molar-refractivity contribution in [2.45, 2.75) is 72.6 Å². The van der Waals surface area contributed by atoms with Gasteiger partial charge in [0.25, 0.3) is 0 Å². The van der Waals surface area contributed by atoms with Crippen LogP contribution in [0.5, 0.6) is 0 Å². The van der Waals surface area contributed by atoms with E-state index in [0.717, 1.165) is 35.4 Å². The Balaban J connectivity index is 2.09. The van der Waals surface area contributed by atoms with E-state index in [1.165, 1.54) is 0 Å². The highest BCUT2D eigenvalue weighted by Gasteiger charge is 2.62. The van der Waals surface area contributed by atoms with Gasteiger partial charge in [-0.2, -0.15) is 0 Å². The molecule has 1 aliphatic rings. The molecule has 33 heavy (non-hydrogen) atoms. The summed E-state index contributed by atoms with van der Waals surface area (Å²) in [5, 5.41) is 8.93. The summed E-state index contributed by atoms with van der Waals surface area (Å²) >= 11 is 0. The van der Waals surface area contributed by atoms with Crippen LogP contribution >= 0.6 is 0 Å². The predicted molar refractivity (Wildman–Crippen MR) is 129 cm³/mol. The molecule has 0 bridgehead atoms. The molecule has 0 spiro atoms. The van der Waals surface area contributed by atoms with E-state index in [1.807, 2.05) is 52.0 Å². The molecule has 0 saturated carbocycles. The van der Waals surface area contributed by atoms with Crippen molar-refractivity contribution >= 4 is 17.8 Å². The monoisotopic (exact) mass is 460 g/mol. The highest BCUT2D eigenvalue weighted by molar-refractivity contribution is 6.03. The standard InChI is InChI=1S/C25H40N4O4/c1-6-10-20(19-13-11-18(5)12-14-19)28-24(32)29-22(31)25(7-2,8-3)23(29)33-17-21(30)27-16-15-26-9-4/h11-14,20,23,26H,6-10,15-17H2,1-5H3,(H,27,30)(H,28,32). The van der Waals surface area contributed by atoms with Crippen molar-refractivity contribution in [1.82, 2.24) is 20.9 Å². The van der Waals surface area contributed by atoms with Crippen LogP contribution in [0.15, 0.2) is 24.3 Å². The first-order valence-corrected chi connectivity index (χ1v) is 12.1. The molecule has 0 radical (unpaired) electrons. The number of β-lactam (4-membered cyclic amide) rings is 1. The summed E-state index contributed by atoms with van der Waals surface area (Å²) < 4.78 is 5.87. The number of likely N-dealkylation sites (tertiary alicyclic amines) is 1. The van der Waals surface area contributed by atoms with E-state index in [2.05, 4.69) is 22.9 Å². The van der Waals surface area contributed by atoms with Gasteiger partial charge in [0.05, 0.1) is 11.5 Å². The van der Waals surface area contributed by atoms with Crippen LogP contribution in [0.2, 0.25) is 0 Å². The molecule has 184 valence electrons. The van der Waals surface area contributed by atoms with Crippen molar-refractivity contribution in [3.63, 3.8) is 0 Å². The van der Waals surface area contributed by atoms with Gasteiger partial charge in [0.2, 0.25) is 11.8 Å². The lowest BCUT2D eigenvalue weighted by atomic mass is 9.72. The van der Waals surface area contributed by atoms with Gasteiger partial charge in [0.15, 0.2) is 6.23 Å². The molecular formula is C25H40N4O4. The SMILES string of the molecule is CCCC(NC(=O)N1C(=O)C(CC)(CC)C1OCC(=O)NCCNCC)c1ccc(C)cc1. The lowest BCUT2D eigenvalue weighted by Gasteiger charge is -2.53. The molecule has 8 heteroatoms. The molecule has 1 heterocycles. The quantitative estimate of drug-likeness (QED) is 0.310. The fraction of sp³-hybridized carbons (Fsp3) is 0.640. The van der Waals surface area contributed by atoms with Crippen LogP contribution in [0, 0.1) is 12.3 Å². The van der Waals surface area contributed by atoms with E-state index >= 15 is 0 Å². The van der Waals surface area contributed by atoms with Crippen LogP contribution in [0.4, 0.5) is 4.79 Å². The van der Waals surface area contributed by atoms with Crippen molar-refractivity contribution in [1.29, 1.82) is 0 Å². The molecule has 1 aromatic rings. The highest BCUT2D eigenvalue weighted by atomic mass is 16.5. The normalized spacial score (nSPS) is 17.9. The van der Waals surface area contributed by atoms with E-state index in [4.69, 9.17) is 4.74 Å². The number of nitrogens with one attached hydrogen (secondary N) is 3. The van der Waals surface area contributed by atoms with Gasteiger partial charge < -0.3 is 20.7 Å². The molecule has 2 unspecified atom stereocenters. The molecule has 3 N–H and O–H groups in total. The van der Waals surface area contributed by atoms with Crippen molar-refractivity contribution in [2.75, 3.05) is 26.2 Å². The summed E-state index contributed by atoms with van der Waals surface area (Å²) in [6.45, 7) is 11.7. The molecule has 2 rings (SSSR count). The van der Waals surface area contributed by atoms with Crippen LogP contribution in [-0.4, -0.2) is 55.2 Å². The lowest BCUT2D eigenvalue weighted by molar-refractivity contribution is -0.210. The first kappa shape index (κ1) is 26.8. The van der Waals surface area contributed by atoms with Gasteiger partial charge >= 0.3 is 6.03 Å². The molecule has 0 aromatic heterocycles. The second kappa shape index (κ2) is 12.7. The first-order chi connectivity index (χ1) is 15.8. The number of carbonyl (C=O) groups excluding carboxylic acids is 3. The van der Waals surface area contributed by atoms with Crippen molar-refractivity contribution < 1.29 is 19.1 Å². The molecule has 1 saturated heterocycles. The number of aryl methyl sites for hydroxylation is 1. The average Bonchev–Trinajstić information content (AvgIpc) is 2.80. The third-order valence-electron chi connectivity index (χ3n) is 6.43. The summed E-state index contributed by atoms with van der Waals surface area (Å²) in [5.41, 5.74) is 1.36. The summed E-state index contributed by atoms with van der Waals surface area (Å²) in [5.74, 6) is -0.515. The number of hydrogen-bond donors (Lipinski definition) is 3. The van der Waals surface area contributed by atoms with Crippen molar-refractivity contribution in [3.05, 3.63) is 35.4 Å². The Hall–Kier alpha value is -2.45. The Labute approximate surface area is 197 Å². The molecule has 1 aliphatic heterocycles. The molecular weight excluding hydrogens is 420 g/mol. The van der Waals surface area contributed by atoms with Crippen molar-refractivity contribution in [2.24, 2.45) is 5.41 Å². The van der Waals surface area contributed by atoms with Crippen LogP contribution < -0.4 is 16.0 Å². The van der Waals surface area contributed by atoms with E-state index < -0.39 is 17.7 Å². The summed E-state index contributed by atoms with van der Waals surface area (Å²) in [6, 6.07) is 7.35. The van der Waals surface area contributed by atoms with Gasteiger partial charge in [-0.25, -0.2) is 9.69 Å². The van der Waals surface area contributed by atoms with E-state index in [9.17, 15) is 14.4 Å². The van der Waals surface area contributed by atoms with Crippen molar-refractivity contribution in [3.8, 4) is 0 Å². The van der Waals surface area contributed by atoms with E-state index in [-0.39, 0.29) is 24.5 Å². The average molecular weight is 461 g/mol. The second-order valence-corrected chi connectivity index (χ2v) is 8.61. The minimum atomic E-state index is -0.786. The largest absolute Gasteiger partial charge is 0.353 e. The Morgan fingerprint density at radius 3 is 2.33 bits per heavy atom. The number of imide groups is 1. The molecule has 1 fully saturated rings. The van der Waals surface area contributed by atoms with Gasteiger partial charge in [0.1, 0.15) is 6.61 Å². The Bertz CT molecular complexity index is 792. The number of carbonyl (C=O) groups is 3. The maximum absolute atomic E-state index is 13.2. The molecule has 8 nitrogen and oxygen atoms in total. The maximum atomic E-state index is 13.2. The van der Waals surface area contributed by atoms with Crippen LogP contribution in [0.3, 0.4) is 0 Å². The van der Waals surface area contributed by atoms with Gasteiger partial charge in [-0.3, -0.25) is 9.59 Å². The molecule has 1 aromatic carbocycles. The van der Waals surface area contributed by atoms with Gasteiger partial charge in [-0.05, 0) is 38.3 Å². The van der Waals surface area contributed by atoms with E-state index in [1.54, 1.807) is 0 Å². The smallest absolute Gasteiger partial charge is 0.326 e. The molecule has 0 aliphatic carbocycles. The Morgan fingerprint density at radius 1 is 1.09 bits per heavy atom. The molecule has 2 atom stereocenters. The maximum Gasteiger partial charge on any atom is 0.326 e.